The Morgan fingerprint density at radius 2 is 1.95 bits per heavy atom. The minimum Gasteiger partial charge on any atom is -0.476 e. The van der Waals surface area contributed by atoms with Crippen LogP contribution in [0.25, 0.3) is 0 Å². The zero-order valence-electron chi connectivity index (χ0n) is 25.2. The van der Waals surface area contributed by atoms with Gasteiger partial charge in [-0.15, -0.1) is 0 Å². The Morgan fingerprint density at radius 1 is 1.28 bits per heavy atom. The van der Waals surface area contributed by atoms with Crippen LogP contribution in [0.5, 0.6) is 5.75 Å². The van der Waals surface area contributed by atoms with Gasteiger partial charge < -0.3 is 39.9 Å². The topological polar surface area (TPSA) is 124 Å². The van der Waals surface area contributed by atoms with Crippen molar-refractivity contribution >= 4 is 40.9 Å². The largest absolute Gasteiger partial charge is 0.476 e. The molecule has 240 valence electrons. The number of hydrogen-bond acceptors (Lipinski definition) is 6. The summed E-state index contributed by atoms with van der Waals surface area (Å²) in [5, 5.41) is 15.8. The van der Waals surface area contributed by atoms with Gasteiger partial charge in [0.25, 0.3) is 11.8 Å². The number of ether oxygens (including phenoxy) is 2. The number of carboxylic acid groups (broad SMARTS) is 1. The standard InChI is InChI=1S/C28H40F3N5O6S/c1-16(2)36(18-8-7-17(9-12-41-6)35(15-18)26(39)40)23(37)19-13-21-22(14-20(19)28(29,30)31)42-27(3,4)24(38)34(21)11-10-33-25(43)32-5/h13-14,16-18H,7-12,15H2,1-6H3,(H,39,40)(H2,32,33,43)/t17-,18-/m1/s1. The molecule has 0 bridgehead atoms. The molecule has 3 amide bonds. The van der Waals surface area contributed by atoms with Crippen LogP contribution in [0, 0.1) is 0 Å². The molecule has 0 saturated carbocycles. The number of alkyl halides is 3. The molecule has 1 saturated heterocycles. The summed E-state index contributed by atoms with van der Waals surface area (Å²) in [5.41, 5.74) is -3.29. The Balaban J connectivity index is 2.07. The number of halogens is 3. The summed E-state index contributed by atoms with van der Waals surface area (Å²) in [4.78, 5) is 43.3. The maximum atomic E-state index is 14.5. The number of benzene rings is 1. The number of rotatable bonds is 9. The molecule has 2 aliphatic rings. The van der Waals surface area contributed by atoms with Crippen LogP contribution in [-0.2, 0) is 15.7 Å². The van der Waals surface area contributed by atoms with E-state index in [1.54, 1.807) is 20.9 Å². The van der Waals surface area contributed by atoms with Gasteiger partial charge in [0.15, 0.2) is 10.7 Å². The van der Waals surface area contributed by atoms with E-state index < -0.39 is 52.9 Å². The van der Waals surface area contributed by atoms with Gasteiger partial charge in [-0.3, -0.25) is 9.59 Å². The first-order chi connectivity index (χ1) is 20.0. The van der Waals surface area contributed by atoms with Gasteiger partial charge in [0.05, 0.1) is 22.9 Å². The average molecular weight is 632 g/mol. The van der Waals surface area contributed by atoms with Crippen LogP contribution < -0.4 is 20.3 Å². The van der Waals surface area contributed by atoms with Crippen molar-refractivity contribution in [2.45, 2.75) is 76.9 Å². The average Bonchev–Trinajstić information content (AvgIpc) is 2.92. The van der Waals surface area contributed by atoms with Crippen molar-refractivity contribution < 1.29 is 42.1 Å². The van der Waals surface area contributed by atoms with Crippen molar-refractivity contribution in [2.24, 2.45) is 0 Å². The van der Waals surface area contributed by atoms with Crippen molar-refractivity contribution in [3.63, 3.8) is 0 Å². The molecular weight excluding hydrogens is 591 g/mol. The smallest absolute Gasteiger partial charge is 0.417 e. The maximum Gasteiger partial charge on any atom is 0.417 e. The quantitative estimate of drug-likeness (QED) is 0.350. The molecule has 0 aromatic heterocycles. The van der Waals surface area contributed by atoms with Crippen LogP contribution in [0.3, 0.4) is 0 Å². The Labute approximate surface area is 254 Å². The molecule has 0 unspecified atom stereocenters. The molecule has 1 aromatic rings. The molecule has 0 radical (unpaired) electrons. The second-order valence-electron chi connectivity index (χ2n) is 11.3. The number of nitrogens with zero attached hydrogens (tertiary/aromatic N) is 3. The summed E-state index contributed by atoms with van der Waals surface area (Å²) in [5.74, 6) is -1.60. The highest BCUT2D eigenvalue weighted by Crippen LogP contribution is 2.44. The van der Waals surface area contributed by atoms with Gasteiger partial charge in [-0.25, -0.2) is 4.79 Å². The molecule has 0 spiro atoms. The van der Waals surface area contributed by atoms with Crippen molar-refractivity contribution in [3.8, 4) is 5.75 Å². The van der Waals surface area contributed by atoms with Gasteiger partial charge in [0.1, 0.15) is 5.75 Å². The fourth-order valence-corrected chi connectivity index (χ4v) is 5.70. The zero-order valence-corrected chi connectivity index (χ0v) is 26.0. The highest BCUT2D eigenvalue weighted by atomic mass is 32.1. The number of carbonyl (C=O) groups is 3. The van der Waals surface area contributed by atoms with E-state index in [-0.39, 0.29) is 37.1 Å². The molecule has 1 aromatic carbocycles. The Hall–Kier alpha value is -3.33. The summed E-state index contributed by atoms with van der Waals surface area (Å²) in [7, 11) is 3.13. The van der Waals surface area contributed by atoms with E-state index in [2.05, 4.69) is 10.6 Å². The van der Waals surface area contributed by atoms with Crippen LogP contribution in [0.2, 0.25) is 0 Å². The van der Waals surface area contributed by atoms with Gasteiger partial charge in [-0.05, 0) is 71.3 Å². The van der Waals surface area contributed by atoms with Crippen LogP contribution in [0.1, 0.15) is 62.9 Å². The van der Waals surface area contributed by atoms with E-state index in [9.17, 15) is 32.7 Å². The number of fused-ring (bicyclic) bond motifs is 1. The third kappa shape index (κ3) is 7.61. The predicted molar refractivity (Wildman–Crippen MR) is 158 cm³/mol. The molecule has 2 atom stereocenters. The molecule has 1 fully saturated rings. The van der Waals surface area contributed by atoms with Gasteiger partial charge in [-0.2, -0.15) is 13.2 Å². The maximum absolute atomic E-state index is 14.5. The highest BCUT2D eigenvalue weighted by Gasteiger charge is 2.46. The molecule has 2 aliphatic heterocycles. The second-order valence-corrected chi connectivity index (χ2v) is 11.8. The summed E-state index contributed by atoms with van der Waals surface area (Å²) >= 11 is 5.08. The Bertz CT molecular complexity index is 1230. The number of hydrogen-bond donors (Lipinski definition) is 3. The lowest BCUT2D eigenvalue weighted by Gasteiger charge is -2.44. The second kappa shape index (κ2) is 13.5. The molecule has 3 N–H and O–H groups in total. The summed E-state index contributed by atoms with van der Waals surface area (Å²) in [6.07, 6.45) is -4.82. The number of nitrogens with one attached hydrogen (secondary N) is 2. The highest BCUT2D eigenvalue weighted by molar-refractivity contribution is 7.80. The number of methoxy groups -OCH3 is 1. The molecular formula is C28H40F3N5O6S. The first kappa shape index (κ1) is 34.2. The van der Waals surface area contributed by atoms with E-state index in [0.717, 1.165) is 12.1 Å². The van der Waals surface area contributed by atoms with Crippen LogP contribution in [0.4, 0.5) is 23.7 Å². The third-order valence-corrected chi connectivity index (χ3v) is 8.01. The summed E-state index contributed by atoms with van der Waals surface area (Å²) in [6.45, 7) is 6.77. The number of thiocarbonyl (C=S) groups is 1. The lowest BCUT2D eigenvalue weighted by Crippen LogP contribution is -2.57. The minimum absolute atomic E-state index is 0.0250. The van der Waals surface area contributed by atoms with Crippen molar-refractivity contribution in [1.29, 1.82) is 0 Å². The molecule has 11 nitrogen and oxygen atoms in total. The number of piperidine rings is 1. The van der Waals surface area contributed by atoms with E-state index >= 15 is 0 Å². The SMILES string of the molecule is CNC(=S)NCCN1C(=O)C(C)(C)Oc2cc(C(F)(F)F)c(C(=O)N(C(C)C)[C@@H]3CC[C@H](CCOC)N(C(=O)O)C3)cc21. The molecule has 3 rings (SSSR count). The van der Waals surface area contributed by atoms with E-state index in [1.807, 2.05) is 0 Å². The Morgan fingerprint density at radius 3 is 2.51 bits per heavy atom. The number of amides is 3. The van der Waals surface area contributed by atoms with Gasteiger partial charge in [0, 0.05) is 52.5 Å². The zero-order chi connectivity index (χ0) is 32.3. The molecule has 15 heteroatoms. The summed E-state index contributed by atoms with van der Waals surface area (Å²) < 4.78 is 54.3. The minimum atomic E-state index is -4.92. The fraction of sp³-hybridized carbons (Fsp3) is 0.643. The third-order valence-electron chi connectivity index (χ3n) is 7.67. The normalized spacial score (nSPS) is 19.9. The fourth-order valence-electron chi connectivity index (χ4n) is 5.60. The van der Waals surface area contributed by atoms with E-state index in [0.29, 0.717) is 31.0 Å². The van der Waals surface area contributed by atoms with Crippen molar-refractivity contribution in [3.05, 3.63) is 23.3 Å². The number of anilines is 1. The van der Waals surface area contributed by atoms with Crippen LogP contribution in [0.15, 0.2) is 12.1 Å². The van der Waals surface area contributed by atoms with Crippen LogP contribution in [-0.4, -0.2) is 102 Å². The number of carbonyl (C=O) groups excluding carboxylic acids is 2. The predicted octanol–water partition coefficient (Wildman–Crippen LogP) is 3.70. The molecule has 0 aliphatic carbocycles. The van der Waals surface area contributed by atoms with E-state index in [4.69, 9.17) is 21.7 Å². The van der Waals surface area contributed by atoms with Gasteiger partial charge in [-0.1, -0.05) is 0 Å². The van der Waals surface area contributed by atoms with Crippen molar-refractivity contribution in [1.82, 2.24) is 20.4 Å². The lowest BCUT2D eigenvalue weighted by atomic mass is 9.93. The number of likely N-dealkylation sites (tertiary alicyclic amines) is 1. The van der Waals surface area contributed by atoms with E-state index in [1.165, 1.54) is 35.7 Å². The lowest BCUT2D eigenvalue weighted by molar-refractivity contribution is -0.138. The van der Waals surface area contributed by atoms with Crippen LogP contribution >= 0.6 is 12.2 Å². The van der Waals surface area contributed by atoms with Gasteiger partial charge >= 0.3 is 12.3 Å². The summed E-state index contributed by atoms with van der Waals surface area (Å²) in [6, 6.07) is 0.258. The van der Waals surface area contributed by atoms with Gasteiger partial charge in [0.2, 0.25) is 0 Å². The molecule has 43 heavy (non-hydrogen) atoms. The first-order valence-corrected chi connectivity index (χ1v) is 14.5. The van der Waals surface area contributed by atoms with Crippen molar-refractivity contribution in [2.75, 3.05) is 45.3 Å². The first-order valence-electron chi connectivity index (χ1n) is 14.1. The monoisotopic (exact) mass is 631 g/mol. The molecule has 2 heterocycles. The Kier molecular flexibility index (Phi) is 10.8.